The molecule has 0 atom stereocenters. The molecule has 1 rings (SSSR count). The van der Waals surface area contributed by atoms with Gasteiger partial charge in [-0.15, -0.1) is 0 Å². The molecule has 2 N–H and O–H groups in total. The summed E-state index contributed by atoms with van der Waals surface area (Å²) in [6.45, 7) is 9.30. The van der Waals surface area contributed by atoms with Gasteiger partial charge < -0.3 is 15.5 Å². The van der Waals surface area contributed by atoms with Crippen LogP contribution >= 0.6 is 0 Å². The van der Waals surface area contributed by atoms with Crippen LogP contribution in [0.1, 0.15) is 20.3 Å². The van der Waals surface area contributed by atoms with E-state index in [0.29, 0.717) is 19.6 Å². The van der Waals surface area contributed by atoms with Gasteiger partial charge >= 0.3 is 0 Å². The van der Waals surface area contributed by atoms with E-state index in [1.54, 1.807) is 4.90 Å². The molecule has 6 nitrogen and oxygen atoms in total. The number of carbonyl (C=O) groups excluding carboxylic acids is 2. The lowest BCUT2D eigenvalue weighted by Gasteiger charge is -2.25. The van der Waals surface area contributed by atoms with Crippen LogP contribution < -0.4 is 10.6 Å². The average molecular weight is 270 g/mol. The first-order valence-corrected chi connectivity index (χ1v) is 7.14. The first kappa shape index (κ1) is 15.9. The highest BCUT2D eigenvalue weighted by atomic mass is 16.2. The summed E-state index contributed by atoms with van der Waals surface area (Å²) in [6, 6.07) is 0. The highest BCUT2D eigenvalue weighted by Gasteiger charge is 2.18. The molecule has 6 heteroatoms. The van der Waals surface area contributed by atoms with E-state index in [1.165, 1.54) is 0 Å². The van der Waals surface area contributed by atoms with E-state index in [0.717, 1.165) is 32.6 Å². The first-order chi connectivity index (χ1) is 9.17. The number of nitrogens with one attached hydrogen (secondary N) is 2. The molecule has 1 aliphatic rings. The SMILES string of the molecule is CCNC(=O)CN(CC)C(=O)CN1CCCNCC1. The Bertz CT molecular complexity index is 288. The smallest absolute Gasteiger partial charge is 0.239 e. The summed E-state index contributed by atoms with van der Waals surface area (Å²) >= 11 is 0. The maximum atomic E-state index is 12.2. The van der Waals surface area contributed by atoms with E-state index in [9.17, 15) is 9.59 Å². The molecule has 1 aliphatic heterocycles. The van der Waals surface area contributed by atoms with E-state index in [-0.39, 0.29) is 18.4 Å². The van der Waals surface area contributed by atoms with Gasteiger partial charge in [0.25, 0.3) is 0 Å². The molecule has 0 aromatic rings. The second-order valence-electron chi connectivity index (χ2n) is 4.74. The summed E-state index contributed by atoms with van der Waals surface area (Å²) in [4.78, 5) is 27.5. The quantitative estimate of drug-likeness (QED) is 0.668. The molecule has 0 aliphatic carbocycles. The summed E-state index contributed by atoms with van der Waals surface area (Å²) in [5.74, 6) is -0.0501. The van der Waals surface area contributed by atoms with Crippen molar-refractivity contribution in [1.82, 2.24) is 20.4 Å². The maximum absolute atomic E-state index is 12.2. The summed E-state index contributed by atoms with van der Waals surface area (Å²) < 4.78 is 0. The van der Waals surface area contributed by atoms with Crippen LogP contribution in [0.5, 0.6) is 0 Å². The lowest BCUT2D eigenvalue weighted by Crippen LogP contribution is -2.45. The third kappa shape index (κ3) is 6.02. The van der Waals surface area contributed by atoms with E-state index in [4.69, 9.17) is 0 Å². The average Bonchev–Trinajstić information content (AvgIpc) is 2.64. The Labute approximate surface area is 115 Å². The van der Waals surface area contributed by atoms with Gasteiger partial charge in [0.15, 0.2) is 0 Å². The predicted molar refractivity (Wildman–Crippen MR) is 74.9 cm³/mol. The minimum atomic E-state index is -0.0877. The maximum Gasteiger partial charge on any atom is 0.239 e. The minimum absolute atomic E-state index is 0.0376. The Hall–Kier alpha value is -1.14. The lowest BCUT2D eigenvalue weighted by molar-refractivity contribution is -0.136. The molecular weight excluding hydrogens is 244 g/mol. The van der Waals surface area contributed by atoms with Crippen LogP contribution in [-0.4, -0.2) is 74.0 Å². The summed E-state index contributed by atoms with van der Waals surface area (Å²) in [7, 11) is 0. The largest absolute Gasteiger partial charge is 0.355 e. The molecule has 19 heavy (non-hydrogen) atoms. The molecule has 0 aromatic carbocycles. The second-order valence-corrected chi connectivity index (χ2v) is 4.74. The van der Waals surface area contributed by atoms with Gasteiger partial charge in [0, 0.05) is 26.2 Å². The van der Waals surface area contributed by atoms with E-state index in [2.05, 4.69) is 15.5 Å². The molecule has 1 saturated heterocycles. The van der Waals surface area contributed by atoms with Crippen molar-refractivity contribution in [2.24, 2.45) is 0 Å². The second kappa shape index (κ2) is 8.87. The normalized spacial score (nSPS) is 16.7. The van der Waals surface area contributed by atoms with Gasteiger partial charge in [-0.2, -0.15) is 0 Å². The number of amides is 2. The molecule has 2 amide bonds. The summed E-state index contributed by atoms with van der Waals surface area (Å²) in [6.07, 6.45) is 1.07. The number of rotatable bonds is 6. The van der Waals surface area contributed by atoms with Crippen LogP contribution in [0.4, 0.5) is 0 Å². The number of nitrogens with zero attached hydrogens (tertiary/aromatic N) is 2. The number of hydrogen-bond acceptors (Lipinski definition) is 4. The molecule has 0 unspecified atom stereocenters. The Morgan fingerprint density at radius 3 is 2.74 bits per heavy atom. The van der Waals surface area contributed by atoms with Crippen molar-refractivity contribution in [2.45, 2.75) is 20.3 Å². The number of hydrogen-bond donors (Lipinski definition) is 2. The topological polar surface area (TPSA) is 64.7 Å². The van der Waals surface area contributed by atoms with Gasteiger partial charge in [-0.25, -0.2) is 0 Å². The highest BCUT2D eigenvalue weighted by Crippen LogP contribution is 1.98. The molecule has 110 valence electrons. The first-order valence-electron chi connectivity index (χ1n) is 7.14. The predicted octanol–water partition coefficient (Wildman–Crippen LogP) is -0.734. The Kier molecular flexibility index (Phi) is 7.43. The molecule has 0 spiro atoms. The van der Waals surface area contributed by atoms with Crippen molar-refractivity contribution < 1.29 is 9.59 Å². The third-order valence-corrected chi connectivity index (χ3v) is 3.23. The molecule has 1 heterocycles. The molecule has 0 radical (unpaired) electrons. The molecule has 1 fully saturated rings. The fourth-order valence-electron chi connectivity index (χ4n) is 2.15. The highest BCUT2D eigenvalue weighted by molar-refractivity contribution is 5.85. The standard InChI is InChI=1S/C13H26N4O2/c1-3-15-12(18)10-17(4-2)13(19)11-16-8-5-6-14-7-9-16/h14H,3-11H2,1-2H3,(H,15,18). The zero-order chi connectivity index (χ0) is 14.1. The molecule has 0 bridgehead atoms. The molecular formula is C13H26N4O2. The fourth-order valence-corrected chi connectivity index (χ4v) is 2.15. The van der Waals surface area contributed by atoms with Gasteiger partial charge in [-0.05, 0) is 33.4 Å². The number of likely N-dealkylation sites (N-methyl/N-ethyl adjacent to an activating group) is 2. The van der Waals surface area contributed by atoms with Crippen LogP contribution in [0.15, 0.2) is 0 Å². The summed E-state index contributed by atoms with van der Waals surface area (Å²) in [5.41, 5.74) is 0. The van der Waals surface area contributed by atoms with Crippen LogP contribution in [0.2, 0.25) is 0 Å². The van der Waals surface area contributed by atoms with E-state index < -0.39 is 0 Å². The fraction of sp³-hybridized carbons (Fsp3) is 0.846. The van der Waals surface area contributed by atoms with E-state index in [1.807, 2.05) is 13.8 Å². The zero-order valence-corrected chi connectivity index (χ0v) is 12.1. The van der Waals surface area contributed by atoms with Crippen molar-refractivity contribution >= 4 is 11.8 Å². The van der Waals surface area contributed by atoms with Crippen molar-refractivity contribution in [1.29, 1.82) is 0 Å². The monoisotopic (exact) mass is 270 g/mol. The van der Waals surface area contributed by atoms with Crippen LogP contribution in [0.25, 0.3) is 0 Å². The van der Waals surface area contributed by atoms with Gasteiger partial charge in [0.05, 0.1) is 13.1 Å². The van der Waals surface area contributed by atoms with Crippen molar-refractivity contribution in [3.05, 3.63) is 0 Å². The van der Waals surface area contributed by atoms with Gasteiger partial charge in [0.2, 0.25) is 11.8 Å². The van der Waals surface area contributed by atoms with Crippen LogP contribution in [0.3, 0.4) is 0 Å². The Morgan fingerprint density at radius 2 is 2.05 bits per heavy atom. The Balaban J connectivity index is 2.41. The van der Waals surface area contributed by atoms with Crippen LogP contribution in [-0.2, 0) is 9.59 Å². The van der Waals surface area contributed by atoms with Crippen molar-refractivity contribution in [3.63, 3.8) is 0 Å². The van der Waals surface area contributed by atoms with Gasteiger partial charge in [-0.1, -0.05) is 0 Å². The summed E-state index contributed by atoms with van der Waals surface area (Å²) in [5, 5.41) is 6.03. The minimum Gasteiger partial charge on any atom is -0.355 e. The van der Waals surface area contributed by atoms with E-state index >= 15 is 0 Å². The third-order valence-electron chi connectivity index (χ3n) is 3.23. The number of carbonyl (C=O) groups is 2. The van der Waals surface area contributed by atoms with Gasteiger partial charge in [-0.3, -0.25) is 14.5 Å². The Morgan fingerprint density at radius 1 is 1.26 bits per heavy atom. The van der Waals surface area contributed by atoms with Crippen molar-refractivity contribution in [2.75, 3.05) is 52.4 Å². The molecule has 0 saturated carbocycles. The van der Waals surface area contributed by atoms with Gasteiger partial charge in [0.1, 0.15) is 0 Å². The lowest BCUT2D eigenvalue weighted by atomic mass is 10.3. The zero-order valence-electron chi connectivity index (χ0n) is 12.1. The molecule has 0 aromatic heterocycles. The van der Waals surface area contributed by atoms with Crippen LogP contribution in [0, 0.1) is 0 Å². The van der Waals surface area contributed by atoms with Crippen molar-refractivity contribution in [3.8, 4) is 0 Å².